The van der Waals surface area contributed by atoms with E-state index in [2.05, 4.69) is 15.4 Å². The molecular formula is C23H25ClF2N4O3. The lowest BCUT2D eigenvalue weighted by Gasteiger charge is -2.23. The number of alkyl carbamates (subject to hydrolysis) is 1. The summed E-state index contributed by atoms with van der Waals surface area (Å²) in [5.74, 6) is 0. The number of hydrogen-bond acceptors (Lipinski definition) is 5. The first-order valence-corrected chi connectivity index (χ1v) is 10.6. The Morgan fingerprint density at radius 2 is 2.00 bits per heavy atom. The predicted octanol–water partition coefficient (Wildman–Crippen LogP) is 5.78. The van der Waals surface area contributed by atoms with Crippen molar-refractivity contribution < 1.29 is 23.0 Å². The van der Waals surface area contributed by atoms with Crippen LogP contribution in [0.3, 0.4) is 0 Å². The van der Waals surface area contributed by atoms with Crippen LogP contribution < -0.4 is 5.32 Å². The molecule has 0 bridgehead atoms. The molecule has 7 nitrogen and oxygen atoms in total. The van der Waals surface area contributed by atoms with Crippen molar-refractivity contribution in [2.24, 2.45) is 0 Å². The maximum atomic E-state index is 13.3. The van der Waals surface area contributed by atoms with Crippen molar-refractivity contribution in [2.45, 2.75) is 39.0 Å². The lowest BCUT2D eigenvalue weighted by Crippen LogP contribution is -2.36. The third-order valence-electron chi connectivity index (χ3n) is 4.42. The van der Waals surface area contributed by atoms with Crippen LogP contribution in [0.15, 0.2) is 48.7 Å². The minimum atomic E-state index is -2.81. The number of carbonyl (C=O) groups is 1. The van der Waals surface area contributed by atoms with Crippen molar-refractivity contribution in [3.8, 4) is 0 Å². The molecule has 1 aromatic carbocycles. The Hall–Kier alpha value is -3.04. The number of fused-ring (bicyclic) bond motifs is 1. The lowest BCUT2D eigenvalue weighted by atomic mass is 10.1. The van der Waals surface area contributed by atoms with Crippen molar-refractivity contribution in [3.05, 3.63) is 65.1 Å². The lowest BCUT2D eigenvalue weighted by molar-refractivity contribution is 0.0455. The van der Waals surface area contributed by atoms with E-state index in [9.17, 15) is 13.6 Å². The Morgan fingerprint density at radius 3 is 2.67 bits per heavy atom. The second kappa shape index (κ2) is 10.7. The maximum absolute atomic E-state index is 13.3. The van der Waals surface area contributed by atoms with Crippen LogP contribution in [0, 0.1) is 0 Å². The molecule has 176 valence electrons. The van der Waals surface area contributed by atoms with Gasteiger partial charge in [-0.05, 0) is 38.5 Å². The van der Waals surface area contributed by atoms with Gasteiger partial charge in [0, 0.05) is 5.39 Å². The van der Waals surface area contributed by atoms with Gasteiger partial charge in [-0.1, -0.05) is 48.0 Å². The van der Waals surface area contributed by atoms with Gasteiger partial charge in [-0.25, -0.2) is 14.5 Å². The fourth-order valence-electron chi connectivity index (χ4n) is 3.11. The molecule has 0 radical (unpaired) electrons. The van der Waals surface area contributed by atoms with E-state index in [4.69, 9.17) is 21.1 Å². The van der Waals surface area contributed by atoms with E-state index in [0.29, 0.717) is 10.1 Å². The largest absolute Gasteiger partial charge is 0.444 e. The van der Waals surface area contributed by atoms with Crippen molar-refractivity contribution in [1.29, 1.82) is 0 Å². The first-order chi connectivity index (χ1) is 15.6. The Kier molecular flexibility index (Phi) is 7.99. The average molecular weight is 479 g/mol. The monoisotopic (exact) mass is 478 g/mol. The number of rotatable bonds is 8. The zero-order valence-electron chi connectivity index (χ0n) is 18.5. The van der Waals surface area contributed by atoms with Gasteiger partial charge in [0.05, 0.1) is 31.1 Å². The summed E-state index contributed by atoms with van der Waals surface area (Å²) in [6.07, 6.45) is 3.95. The second-order valence-corrected chi connectivity index (χ2v) is 8.57. The topological polar surface area (TPSA) is 78.3 Å². The minimum absolute atomic E-state index is 0.151. The van der Waals surface area contributed by atoms with Crippen LogP contribution in [-0.4, -0.2) is 39.7 Å². The number of ether oxygens (including phenoxy) is 2. The third-order valence-corrected chi connectivity index (χ3v) is 4.61. The van der Waals surface area contributed by atoms with Gasteiger partial charge in [-0.2, -0.15) is 13.9 Å². The number of carbonyl (C=O) groups excluding carboxylic acids is 1. The molecule has 1 atom stereocenters. The molecule has 2 heterocycles. The molecule has 10 heteroatoms. The average Bonchev–Trinajstić information content (AvgIpc) is 3.16. The van der Waals surface area contributed by atoms with Crippen LogP contribution >= 0.6 is 11.6 Å². The van der Waals surface area contributed by atoms with Crippen LogP contribution in [0.5, 0.6) is 0 Å². The highest BCUT2D eigenvalue weighted by Crippen LogP contribution is 2.25. The molecule has 1 amide bonds. The number of hydrogen-bond donors (Lipinski definition) is 1. The minimum Gasteiger partial charge on any atom is -0.444 e. The highest BCUT2D eigenvalue weighted by Gasteiger charge is 2.21. The standard InChI is InChI=1S/C23H25ClF2N4O3/c1-23(2,3)33-22(31)29-18(15-8-5-4-6-9-15)14-32-11-7-10-17-20-16(12-19(24)28-17)13-27-30(20)21(25)26/h4-10,12-13,18,21H,11,14H2,1-3H3,(H,29,31)/b10-7-/t18-/m1/s1. The number of alkyl halides is 2. The van der Waals surface area contributed by atoms with Crippen LogP contribution in [0.25, 0.3) is 17.0 Å². The summed E-state index contributed by atoms with van der Waals surface area (Å²) in [4.78, 5) is 16.4. The van der Waals surface area contributed by atoms with Crippen LogP contribution in [0.2, 0.25) is 5.15 Å². The number of nitrogens with one attached hydrogen (secondary N) is 1. The second-order valence-electron chi connectivity index (χ2n) is 8.18. The molecule has 1 N–H and O–H groups in total. The Labute approximate surface area is 195 Å². The van der Waals surface area contributed by atoms with Gasteiger partial charge >= 0.3 is 12.6 Å². The smallest absolute Gasteiger partial charge is 0.408 e. The molecule has 3 rings (SSSR count). The first kappa shape index (κ1) is 24.6. The Bertz CT molecular complexity index is 1110. The SMILES string of the molecule is CC(C)(C)OC(=O)N[C@H](COC/C=C\c1nc(Cl)cc2cnn(C(F)F)c12)c1ccccc1. The highest BCUT2D eigenvalue weighted by atomic mass is 35.5. The van der Waals surface area contributed by atoms with Gasteiger partial charge in [0.2, 0.25) is 0 Å². The van der Waals surface area contributed by atoms with E-state index in [0.717, 1.165) is 5.56 Å². The van der Waals surface area contributed by atoms with Crippen LogP contribution in [0.4, 0.5) is 13.6 Å². The van der Waals surface area contributed by atoms with E-state index in [1.807, 2.05) is 30.3 Å². The number of aromatic nitrogens is 3. The fourth-order valence-corrected chi connectivity index (χ4v) is 3.32. The summed E-state index contributed by atoms with van der Waals surface area (Å²) in [5, 5.41) is 7.14. The number of halogens is 3. The number of benzene rings is 1. The Morgan fingerprint density at radius 1 is 1.27 bits per heavy atom. The molecule has 0 unspecified atom stereocenters. The predicted molar refractivity (Wildman–Crippen MR) is 122 cm³/mol. The van der Waals surface area contributed by atoms with Gasteiger partial charge in [0.1, 0.15) is 16.3 Å². The summed E-state index contributed by atoms with van der Waals surface area (Å²) in [5.41, 5.74) is 0.658. The maximum Gasteiger partial charge on any atom is 0.408 e. The molecule has 0 aliphatic heterocycles. The molecule has 0 saturated heterocycles. The molecule has 3 aromatic rings. The van der Waals surface area contributed by atoms with Crippen molar-refractivity contribution >= 4 is 34.7 Å². The first-order valence-electron chi connectivity index (χ1n) is 10.2. The highest BCUT2D eigenvalue weighted by molar-refractivity contribution is 6.30. The molecule has 0 aliphatic carbocycles. The zero-order valence-corrected chi connectivity index (χ0v) is 19.2. The zero-order chi connectivity index (χ0) is 24.0. The summed E-state index contributed by atoms with van der Waals surface area (Å²) >= 11 is 6.00. The summed E-state index contributed by atoms with van der Waals surface area (Å²) < 4.78 is 38.2. The number of amides is 1. The van der Waals surface area contributed by atoms with Gasteiger partial charge in [0.15, 0.2) is 0 Å². The quantitative estimate of drug-likeness (QED) is 0.328. The molecule has 33 heavy (non-hydrogen) atoms. The molecule has 0 aliphatic rings. The molecule has 0 saturated carbocycles. The normalized spacial score (nSPS) is 13.1. The Balaban J connectivity index is 1.67. The molecule has 0 spiro atoms. The van der Waals surface area contributed by atoms with Crippen LogP contribution in [0.1, 0.15) is 44.6 Å². The molecule has 2 aromatic heterocycles. The van der Waals surface area contributed by atoms with Crippen molar-refractivity contribution in [3.63, 3.8) is 0 Å². The van der Waals surface area contributed by atoms with E-state index in [1.54, 1.807) is 32.9 Å². The van der Waals surface area contributed by atoms with E-state index < -0.39 is 24.3 Å². The van der Waals surface area contributed by atoms with Gasteiger partial charge in [-0.15, -0.1) is 0 Å². The summed E-state index contributed by atoms with van der Waals surface area (Å²) in [6.45, 7) is 2.86. The van der Waals surface area contributed by atoms with Gasteiger partial charge in [0.25, 0.3) is 0 Å². The fraction of sp³-hybridized carbons (Fsp3) is 0.348. The van der Waals surface area contributed by atoms with E-state index in [-0.39, 0.29) is 29.6 Å². The molecule has 0 fully saturated rings. The van der Waals surface area contributed by atoms with E-state index in [1.165, 1.54) is 12.3 Å². The summed E-state index contributed by atoms with van der Waals surface area (Å²) in [7, 11) is 0. The number of pyridine rings is 1. The number of nitrogens with zero attached hydrogens (tertiary/aromatic N) is 3. The van der Waals surface area contributed by atoms with Crippen molar-refractivity contribution in [2.75, 3.05) is 13.2 Å². The van der Waals surface area contributed by atoms with E-state index >= 15 is 0 Å². The summed E-state index contributed by atoms with van der Waals surface area (Å²) in [6, 6.07) is 10.4. The third kappa shape index (κ3) is 6.97. The van der Waals surface area contributed by atoms with Crippen molar-refractivity contribution in [1.82, 2.24) is 20.1 Å². The van der Waals surface area contributed by atoms with Gasteiger partial charge in [-0.3, -0.25) is 0 Å². The molecular weight excluding hydrogens is 454 g/mol. The van der Waals surface area contributed by atoms with Gasteiger partial charge < -0.3 is 14.8 Å². The van der Waals surface area contributed by atoms with Crippen LogP contribution in [-0.2, 0) is 9.47 Å².